The lowest BCUT2D eigenvalue weighted by atomic mass is 10.1. The molecule has 3 heteroatoms. The van der Waals surface area contributed by atoms with E-state index in [1.54, 1.807) is 18.9 Å². The maximum atomic E-state index is 10.3. The fraction of sp³-hybridized carbons (Fsp3) is 0.538. The topological polar surface area (TPSA) is 29.5 Å². The molecule has 0 atom stereocenters. The molecule has 0 radical (unpaired) electrons. The quantitative estimate of drug-likeness (QED) is 0.817. The van der Waals surface area contributed by atoms with Crippen LogP contribution >= 0.6 is 11.8 Å². The number of para-hydroxylation sites is 1. The van der Waals surface area contributed by atoms with E-state index in [-0.39, 0.29) is 0 Å². The van der Waals surface area contributed by atoms with Crippen LogP contribution in [0.5, 0.6) is 5.75 Å². The van der Waals surface area contributed by atoms with Gasteiger partial charge in [0.05, 0.1) is 12.7 Å². The summed E-state index contributed by atoms with van der Waals surface area (Å²) in [6, 6.07) is 7.97. The van der Waals surface area contributed by atoms with Gasteiger partial charge in [-0.3, -0.25) is 0 Å². The van der Waals surface area contributed by atoms with Crippen molar-refractivity contribution in [2.24, 2.45) is 0 Å². The van der Waals surface area contributed by atoms with E-state index in [4.69, 9.17) is 4.74 Å². The monoisotopic (exact) mass is 238 g/mol. The summed E-state index contributed by atoms with van der Waals surface area (Å²) in [5.74, 6) is 1.67. The molecular formula is C13H18O2S. The summed E-state index contributed by atoms with van der Waals surface area (Å²) < 4.78 is 5.29. The van der Waals surface area contributed by atoms with Gasteiger partial charge in [-0.1, -0.05) is 25.0 Å². The first-order chi connectivity index (χ1) is 7.73. The number of methoxy groups -OCH3 is 1. The van der Waals surface area contributed by atoms with Crippen molar-refractivity contribution in [1.82, 2.24) is 0 Å². The predicted molar refractivity (Wildman–Crippen MR) is 67.1 cm³/mol. The van der Waals surface area contributed by atoms with Gasteiger partial charge in [-0.25, -0.2) is 0 Å². The Morgan fingerprint density at radius 1 is 1.31 bits per heavy atom. The molecule has 1 saturated carbocycles. The second kappa shape index (κ2) is 5.11. The summed E-state index contributed by atoms with van der Waals surface area (Å²) in [4.78, 5) is 1.12. The van der Waals surface area contributed by atoms with Crippen molar-refractivity contribution in [1.29, 1.82) is 0 Å². The molecule has 0 spiro atoms. The zero-order valence-electron chi connectivity index (χ0n) is 9.61. The fourth-order valence-electron chi connectivity index (χ4n) is 2.13. The third kappa shape index (κ3) is 2.71. The van der Waals surface area contributed by atoms with Crippen molar-refractivity contribution in [3.63, 3.8) is 0 Å². The minimum atomic E-state index is -0.453. The molecule has 1 aromatic carbocycles. The maximum absolute atomic E-state index is 10.3. The molecular weight excluding hydrogens is 220 g/mol. The molecule has 0 bridgehead atoms. The van der Waals surface area contributed by atoms with Crippen molar-refractivity contribution in [3.8, 4) is 5.75 Å². The van der Waals surface area contributed by atoms with Crippen molar-refractivity contribution in [2.75, 3.05) is 12.9 Å². The Hall–Kier alpha value is -0.670. The summed E-state index contributed by atoms with van der Waals surface area (Å²) in [6.45, 7) is 0. The predicted octanol–water partition coefficient (Wildman–Crippen LogP) is 3.09. The van der Waals surface area contributed by atoms with Gasteiger partial charge in [0.2, 0.25) is 0 Å². The fourth-order valence-corrected chi connectivity index (χ4v) is 3.31. The van der Waals surface area contributed by atoms with E-state index in [0.717, 1.165) is 42.1 Å². The number of rotatable bonds is 4. The number of ether oxygens (including phenoxy) is 1. The van der Waals surface area contributed by atoms with Crippen LogP contribution in [-0.2, 0) is 0 Å². The molecule has 0 heterocycles. The van der Waals surface area contributed by atoms with Crippen molar-refractivity contribution in [2.45, 2.75) is 36.2 Å². The third-order valence-corrected chi connectivity index (χ3v) is 4.43. The highest BCUT2D eigenvalue weighted by Gasteiger charge is 2.31. The van der Waals surface area contributed by atoms with Crippen molar-refractivity contribution in [3.05, 3.63) is 24.3 Å². The van der Waals surface area contributed by atoms with Crippen LogP contribution in [0.15, 0.2) is 29.2 Å². The van der Waals surface area contributed by atoms with Crippen LogP contribution < -0.4 is 4.74 Å². The highest BCUT2D eigenvalue weighted by atomic mass is 32.2. The summed E-state index contributed by atoms with van der Waals surface area (Å²) in [5, 5.41) is 10.3. The van der Waals surface area contributed by atoms with Gasteiger partial charge in [-0.15, -0.1) is 11.8 Å². The Labute approximate surface area is 101 Å². The molecule has 1 aliphatic carbocycles. The number of hydrogen-bond acceptors (Lipinski definition) is 3. The van der Waals surface area contributed by atoms with Crippen LogP contribution in [0.1, 0.15) is 25.7 Å². The van der Waals surface area contributed by atoms with Gasteiger partial charge in [0, 0.05) is 10.6 Å². The van der Waals surface area contributed by atoms with E-state index in [2.05, 4.69) is 0 Å². The van der Waals surface area contributed by atoms with Crippen LogP contribution in [-0.4, -0.2) is 23.6 Å². The van der Waals surface area contributed by atoms with Crippen LogP contribution in [0.4, 0.5) is 0 Å². The van der Waals surface area contributed by atoms with E-state index in [1.165, 1.54) is 0 Å². The molecule has 2 nitrogen and oxygen atoms in total. The van der Waals surface area contributed by atoms with Gasteiger partial charge in [-0.05, 0) is 25.0 Å². The minimum absolute atomic E-state index is 0.453. The lowest BCUT2D eigenvalue weighted by Crippen LogP contribution is -2.27. The van der Waals surface area contributed by atoms with Gasteiger partial charge in [0.15, 0.2) is 0 Å². The molecule has 0 aromatic heterocycles. The number of hydrogen-bond donors (Lipinski definition) is 1. The van der Waals surface area contributed by atoms with E-state index in [1.807, 2.05) is 24.3 Å². The summed E-state index contributed by atoms with van der Waals surface area (Å²) in [6.07, 6.45) is 4.19. The summed E-state index contributed by atoms with van der Waals surface area (Å²) >= 11 is 1.69. The molecule has 2 rings (SSSR count). The second-order valence-corrected chi connectivity index (χ2v) is 5.39. The smallest absolute Gasteiger partial charge is 0.132 e. The van der Waals surface area contributed by atoms with Crippen molar-refractivity contribution < 1.29 is 9.84 Å². The highest BCUT2D eigenvalue weighted by Crippen LogP contribution is 2.37. The SMILES string of the molecule is COc1ccccc1SCC1(O)CCCC1. The van der Waals surface area contributed by atoms with E-state index < -0.39 is 5.60 Å². The lowest BCUT2D eigenvalue weighted by molar-refractivity contribution is 0.0732. The molecule has 1 aromatic rings. The van der Waals surface area contributed by atoms with E-state index in [9.17, 15) is 5.11 Å². The zero-order chi connectivity index (χ0) is 11.4. The molecule has 16 heavy (non-hydrogen) atoms. The Balaban J connectivity index is 1.98. The lowest BCUT2D eigenvalue weighted by Gasteiger charge is -2.21. The molecule has 0 unspecified atom stereocenters. The Morgan fingerprint density at radius 2 is 2.00 bits per heavy atom. The van der Waals surface area contributed by atoms with E-state index in [0.29, 0.717) is 0 Å². The van der Waals surface area contributed by atoms with Crippen LogP contribution in [0.25, 0.3) is 0 Å². The largest absolute Gasteiger partial charge is 0.496 e. The van der Waals surface area contributed by atoms with Gasteiger partial charge < -0.3 is 9.84 Å². The summed E-state index contributed by atoms with van der Waals surface area (Å²) in [7, 11) is 1.68. The maximum Gasteiger partial charge on any atom is 0.132 e. The first-order valence-electron chi connectivity index (χ1n) is 5.72. The van der Waals surface area contributed by atoms with Crippen LogP contribution in [0, 0.1) is 0 Å². The van der Waals surface area contributed by atoms with Gasteiger partial charge in [0.1, 0.15) is 5.75 Å². The highest BCUT2D eigenvalue weighted by molar-refractivity contribution is 7.99. The zero-order valence-corrected chi connectivity index (χ0v) is 10.4. The molecule has 1 N–H and O–H groups in total. The average molecular weight is 238 g/mol. The molecule has 0 aliphatic heterocycles. The minimum Gasteiger partial charge on any atom is -0.496 e. The van der Waals surface area contributed by atoms with Crippen LogP contribution in [0.3, 0.4) is 0 Å². The molecule has 0 amide bonds. The molecule has 1 fully saturated rings. The number of aliphatic hydroxyl groups is 1. The number of benzene rings is 1. The standard InChI is InChI=1S/C13H18O2S/c1-15-11-6-2-3-7-12(11)16-10-13(14)8-4-5-9-13/h2-3,6-7,14H,4-5,8-10H2,1H3. The normalized spacial score (nSPS) is 18.6. The molecule has 88 valence electrons. The number of thioether (sulfide) groups is 1. The molecule has 0 saturated heterocycles. The first-order valence-corrected chi connectivity index (χ1v) is 6.70. The first kappa shape index (κ1) is 11.8. The van der Waals surface area contributed by atoms with Gasteiger partial charge >= 0.3 is 0 Å². The van der Waals surface area contributed by atoms with E-state index >= 15 is 0 Å². The Bertz CT molecular complexity index is 346. The third-order valence-electron chi connectivity index (χ3n) is 3.10. The van der Waals surface area contributed by atoms with Crippen LogP contribution in [0.2, 0.25) is 0 Å². The Morgan fingerprint density at radius 3 is 2.69 bits per heavy atom. The summed E-state index contributed by atoms with van der Waals surface area (Å²) in [5.41, 5.74) is -0.453. The van der Waals surface area contributed by atoms with Gasteiger partial charge in [0.25, 0.3) is 0 Å². The molecule has 1 aliphatic rings. The average Bonchev–Trinajstić information content (AvgIpc) is 2.74. The second-order valence-electron chi connectivity index (χ2n) is 4.37. The van der Waals surface area contributed by atoms with Crippen molar-refractivity contribution >= 4 is 11.8 Å². The Kier molecular flexibility index (Phi) is 3.77. The van der Waals surface area contributed by atoms with Gasteiger partial charge in [-0.2, -0.15) is 0 Å².